The summed E-state index contributed by atoms with van der Waals surface area (Å²) in [5.74, 6) is 0. The van der Waals surface area contributed by atoms with Crippen LogP contribution in [0.15, 0.2) is 42.6 Å². The number of aromatic nitrogens is 2. The van der Waals surface area contributed by atoms with Gasteiger partial charge in [-0.3, -0.25) is 0 Å². The van der Waals surface area contributed by atoms with Crippen molar-refractivity contribution in [1.29, 1.82) is 0 Å². The van der Waals surface area contributed by atoms with E-state index >= 15 is 0 Å². The van der Waals surface area contributed by atoms with E-state index in [9.17, 15) is 5.11 Å². The van der Waals surface area contributed by atoms with Crippen molar-refractivity contribution in [3.05, 3.63) is 48.3 Å². The highest BCUT2D eigenvalue weighted by Gasteiger charge is 2.36. The monoisotopic (exact) mass is 257 g/mol. The molecule has 0 bridgehead atoms. The lowest BCUT2D eigenvalue weighted by Crippen LogP contribution is -2.38. The molecule has 1 aliphatic carbocycles. The van der Waals surface area contributed by atoms with Crippen molar-refractivity contribution in [3.63, 3.8) is 0 Å². The SMILES string of the molecule is NC1CCC(O)(c2ccnn2-c2ccccc2)CC1. The summed E-state index contributed by atoms with van der Waals surface area (Å²) in [6.45, 7) is 0. The Bertz CT molecular complexity index is 542. The molecule has 100 valence electrons. The van der Waals surface area contributed by atoms with Crippen molar-refractivity contribution in [2.45, 2.75) is 37.3 Å². The molecule has 1 aliphatic rings. The molecule has 0 radical (unpaired) electrons. The van der Waals surface area contributed by atoms with Gasteiger partial charge in [0.15, 0.2) is 0 Å². The molecule has 1 fully saturated rings. The number of aliphatic hydroxyl groups is 1. The van der Waals surface area contributed by atoms with Crippen LogP contribution in [0.3, 0.4) is 0 Å². The predicted octanol–water partition coefficient (Wildman–Crippen LogP) is 1.96. The van der Waals surface area contributed by atoms with Crippen LogP contribution in [-0.2, 0) is 5.60 Å². The van der Waals surface area contributed by atoms with Crippen LogP contribution in [-0.4, -0.2) is 20.9 Å². The smallest absolute Gasteiger partial charge is 0.107 e. The standard InChI is InChI=1S/C15H19N3O/c16-12-6-9-15(19,10-7-12)14-8-11-17-18(14)13-4-2-1-3-5-13/h1-5,8,11-12,19H,6-7,9-10,16H2. The third-order valence-corrected chi connectivity index (χ3v) is 3.98. The summed E-state index contributed by atoms with van der Waals surface area (Å²) >= 11 is 0. The Morgan fingerprint density at radius 2 is 1.84 bits per heavy atom. The average Bonchev–Trinajstić information content (AvgIpc) is 2.93. The zero-order valence-electron chi connectivity index (χ0n) is 10.9. The maximum Gasteiger partial charge on any atom is 0.107 e. The third kappa shape index (κ3) is 2.29. The summed E-state index contributed by atoms with van der Waals surface area (Å²) in [6, 6.07) is 12.0. The van der Waals surface area contributed by atoms with E-state index in [2.05, 4.69) is 5.10 Å². The van der Waals surface area contributed by atoms with Crippen molar-refractivity contribution >= 4 is 0 Å². The first-order chi connectivity index (χ1) is 9.19. The van der Waals surface area contributed by atoms with Gasteiger partial charge in [0.05, 0.1) is 11.4 Å². The second-order valence-corrected chi connectivity index (χ2v) is 5.33. The van der Waals surface area contributed by atoms with Gasteiger partial charge < -0.3 is 10.8 Å². The van der Waals surface area contributed by atoms with Gasteiger partial charge in [0.2, 0.25) is 0 Å². The summed E-state index contributed by atoms with van der Waals surface area (Å²) in [7, 11) is 0. The zero-order valence-corrected chi connectivity index (χ0v) is 10.9. The number of nitrogens with zero attached hydrogens (tertiary/aromatic N) is 2. The molecule has 4 heteroatoms. The number of hydrogen-bond acceptors (Lipinski definition) is 3. The summed E-state index contributed by atoms with van der Waals surface area (Å²) < 4.78 is 1.83. The first-order valence-electron chi connectivity index (χ1n) is 6.77. The second kappa shape index (κ2) is 4.79. The van der Waals surface area contributed by atoms with E-state index in [1.807, 2.05) is 41.1 Å². The van der Waals surface area contributed by atoms with Crippen LogP contribution in [0.5, 0.6) is 0 Å². The maximum atomic E-state index is 10.9. The largest absolute Gasteiger partial charge is 0.384 e. The van der Waals surface area contributed by atoms with E-state index in [1.54, 1.807) is 6.20 Å². The Morgan fingerprint density at radius 3 is 2.53 bits per heavy atom. The highest BCUT2D eigenvalue weighted by molar-refractivity contribution is 5.34. The van der Waals surface area contributed by atoms with Gasteiger partial charge in [-0.2, -0.15) is 5.10 Å². The molecule has 1 aromatic heterocycles. The van der Waals surface area contributed by atoms with Gasteiger partial charge in [0, 0.05) is 12.2 Å². The van der Waals surface area contributed by atoms with Crippen molar-refractivity contribution < 1.29 is 5.11 Å². The fourth-order valence-corrected chi connectivity index (χ4v) is 2.80. The third-order valence-electron chi connectivity index (χ3n) is 3.98. The van der Waals surface area contributed by atoms with E-state index in [1.165, 1.54) is 0 Å². The van der Waals surface area contributed by atoms with E-state index in [0.29, 0.717) is 12.8 Å². The predicted molar refractivity (Wildman–Crippen MR) is 73.9 cm³/mol. The molecule has 0 spiro atoms. The minimum Gasteiger partial charge on any atom is -0.384 e. The van der Waals surface area contributed by atoms with Gasteiger partial charge in [-0.15, -0.1) is 0 Å². The van der Waals surface area contributed by atoms with Crippen LogP contribution in [0.2, 0.25) is 0 Å². The van der Waals surface area contributed by atoms with Gasteiger partial charge in [0.1, 0.15) is 5.60 Å². The molecule has 2 aromatic rings. The molecule has 4 nitrogen and oxygen atoms in total. The number of benzene rings is 1. The quantitative estimate of drug-likeness (QED) is 0.864. The van der Waals surface area contributed by atoms with Crippen molar-refractivity contribution in [1.82, 2.24) is 9.78 Å². The molecule has 1 saturated carbocycles. The van der Waals surface area contributed by atoms with Gasteiger partial charge in [-0.1, -0.05) is 18.2 Å². The van der Waals surface area contributed by atoms with E-state index in [4.69, 9.17) is 5.73 Å². The molecule has 0 atom stereocenters. The first kappa shape index (κ1) is 12.4. The van der Waals surface area contributed by atoms with Crippen LogP contribution in [0.4, 0.5) is 0 Å². The highest BCUT2D eigenvalue weighted by atomic mass is 16.3. The maximum absolute atomic E-state index is 10.9. The van der Waals surface area contributed by atoms with Crippen molar-refractivity contribution in [2.75, 3.05) is 0 Å². The van der Waals surface area contributed by atoms with E-state index in [-0.39, 0.29) is 6.04 Å². The lowest BCUT2D eigenvalue weighted by atomic mass is 9.80. The molecular weight excluding hydrogens is 238 g/mol. The van der Waals surface area contributed by atoms with Crippen LogP contribution >= 0.6 is 0 Å². The minimum absolute atomic E-state index is 0.216. The molecular formula is C15H19N3O. The van der Waals surface area contributed by atoms with Crippen molar-refractivity contribution in [2.24, 2.45) is 5.73 Å². The van der Waals surface area contributed by atoms with Crippen molar-refractivity contribution in [3.8, 4) is 5.69 Å². The number of hydrogen-bond donors (Lipinski definition) is 2. The Hall–Kier alpha value is -1.65. The zero-order chi connectivity index (χ0) is 13.3. The lowest BCUT2D eigenvalue weighted by molar-refractivity contribution is -0.0109. The molecule has 3 rings (SSSR count). The van der Waals surface area contributed by atoms with Gasteiger partial charge in [0.25, 0.3) is 0 Å². The molecule has 0 unspecified atom stereocenters. The Balaban J connectivity index is 1.96. The second-order valence-electron chi connectivity index (χ2n) is 5.33. The Labute approximate surface area is 112 Å². The number of rotatable bonds is 2. The Kier molecular flexibility index (Phi) is 3.12. The number of para-hydroxylation sites is 1. The average molecular weight is 257 g/mol. The molecule has 0 saturated heterocycles. The summed E-state index contributed by atoms with van der Waals surface area (Å²) in [4.78, 5) is 0. The summed E-state index contributed by atoms with van der Waals surface area (Å²) in [5, 5.41) is 15.2. The van der Waals surface area contributed by atoms with Crippen LogP contribution in [0, 0.1) is 0 Å². The normalized spacial score (nSPS) is 27.4. The van der Waals surface area contributed by atoms with Crippen LogP contribution in [0.25, 0.3) is 5.69 Å². The molecule has 0 aliphatic heterocycles. The fourth-order valence-electron chi connectivity index (χ4n) is 2.80. The van der Waals surface area contributed by atoms with Crippen LogP contribution < -0.4 is 5.73 Å². The first-order valence-corrected chi connectivity index (χ1v) is 6.77. The summed E-state index contributed by atoms with van der Waals surface area (Å²) in [6.07, 6.45) is 4.86. The van der Waals surface area contributed by atoms with Gasteiger partial charge in [-0.25, -0.2) is 4.68 Å². The van der Waals surface area contributed by atoms with Gasteiger partial charge in [-0.05, 0) is 43.9 Å². The minimum atomic E-state index is -0.803. The van der Waals surface area contributed by atoms with E-state index in [0.717, 1.165) is 24.2 Å². The number of nitrogens with two attached hydrogens (primary N) is 1. The fraction of sp³-hybridized carbons (Fsp3) is 0.400. The molecule has 1 aromatic carbocycles. The highest BCUT2D eigenvalue weighted by Crippen LogP contribution is 2.37. The summed E-state index contributed by atoms with van der Waals surface area (Å²) in [5.41, 5.74) is 6.97. The Morgan fingerprint density at radius 1 is 1.16 bits per heavy atom. The van der Waals surface area contributed by atoms with E-state index < -0.39 is 5.60 Å². The van der Waals surface area contributed by atoms with Gasteiger partial charge >= 0.3 is 0 Å². The molecule has 19 heavy (non-hydrogen) atoms. The van der Waals surface area contributed by atoms with Crippen LogP contribution in [0.1, 0.15) is 31.4 Å². The molecule has 1 heterocycles. The topological polar surface area (TPSA) is 64.1 Å². The molecule has 0 amide bonds. The molecule has 3 N–H and O–H groups in total. The lowest BCUT2D eigenvalue weighted by Gasteiger charge is -2.35.